The maximum absolute atomic E-state index is 4.43. The highest BCUT2D eigenvalue weighted by molar-refractivity contribution is 9.10. The van der Waals surface area contributed by atoms with Crippen molar-refractivity contribution in [3.05, 3.63) is 28.5 Å². The Labute approximate surface area is 126 Å². The number of hydrogen-bond acceptors (Lipinski definition) is 4. The summed E-state index contributed by atoms with van der Waals surface area (Å²) in [7, 11) is 0. The van der Waals surface area contributed by atoms with Crippen LogP contribution >= 0.6 is 15.9 Å². The summed E-state index contributed by atoms with van der Waals surface area (Å²) in [6.07, 6.45) is 6.14. The van der Waals surface area contributed by atoms with Gasteiger partial charge in [0.1, 0.15) is 5.82 Å². The van der Waals surface area contributed by atoms with Gasteiger partial charge in [0.2, 0.25) is 0 Å². The number of likely N-dealkylation sites (tertiary alicyclic amines) is 1. The molecule has 0 spiro atoms. The molecule has 2 aromatic rings. The van der Waals surface area contributed by atoms with Crippen molar-refractivity contribution in [3.8, 4) is 0 Å². The zero-order valence-corrected chi connectivity index (χ0v) is 13.3. The van der Waals surface area contributed by atoms with Crippen molar-refractivity contribution >= 4 is 15.9 Å². The first kappa shape index (κ1) is 13.8. The Morgan fingerprint density at radius 3 is 2.70 bits per heavy atom. The fourth-order valence-corrected chi connectivity index (χ4v) is 3.06. The van der Waals surface area contributed by atoms with Gasteiger partial charge in [-0.15, -0.1) is 0 Å². The number of H-pyrrole nitrogens is 1. The van der Waals surface area contributed by atoms with Crippen LogP contribution in [0.15, 0.2) is 16.9 Å². The molecule has 20 heavy (non-hydrogen) atoms. The largest absolute Gasteiger partial charge is 0.293 e. The highest BCUT2D eigenvalue weighted by Crippen LogP contribution is 2.28. The third-order valence-corrected chi connectivity index (χ3v) is 4.39. The molecular formula is C13H19BrN6. The van der Waals surface area contributed by atoms with Crippen LogP contribution in [0, 0.1) is 6.92 Å². The SMILES string of the molecule is Cc1nc(C(C)N2CCC(n3cc(Br)cn3)CC2)n[nH]1. The number of piperidine rings is 1. The first-order valence-corrected chi connectivity index (χ1v) is 7.75. The van der Waals surface area contributed by atoms with Gasteiger partial charge in [-0.3, -0.25) is 14.7 Å². The van der Waals surface area contributed by atoms with Crippen molar-refractivity contribution in [1.29, 1.82) is 0 Å². The highest BCUT2D eigenvalue weighted by atomic mass is 79.9. The van der Waals surface area contributed by atoms with Crippen molar-refractivity contribution < 1.29 is 0 Å². The van der Waals surface area contributed by atoms with E-state index in [2.05, 4.69) is 58.9 Å². The molecule has 0 amide bonds. The van der Waals surface area contributed by atoms with Gasteiger partial charge >= 0.3 is 0 Å². The Morgan fingerprint density at radius 2 is 2.15 bits per heavy atom. The molecule has 0 radical (unpaired) electrons. The summed E-state index contributed by atoms with van der Waals surface area (Å²) in [6, 6.07) is 0.767. The Kier molecular flexibility index (Phi) is 3.89. The Hall–Kier alpha value is -1.21. The Bertz CT molecular complexity index is 569. The monoisotopic (exact) mass is 338 g/mol. The summed E-state index contributed by atoms with van der Waals surface area (Å²) in [5.41, 5.74) is 0. The first-order valence-electron chi connectivity index (χ1n) is 6.96. The molecule has 1 atom stereocenters. The van der Waals surface area contributed by atoms with Crippen LogP contribution in [-0.2, 0) is 0 Å². The van der Waals surface area contributed by atoms with Crippen molar-refractivity contribution in [2.45, 2.75) is 38.8 Å². The third-order valence-electron chi connectivity index (χ3n) is 3.98. The molecule has 7 heteroatoms. The van der Waals surface area contributed by atoms with E-state index < -0.39 is 0 Å². The zero-order valence-electron chi connectivity index (χ0n) is 11.8. The lowest BCUT2D eigenvalue weighted by Gasteiger charge is -2.34. The molecule has 1 unspecified atom stereocenters. The van der Waals surface area contributed by atoms with Crippen LogP contribution in [0.4, 0.5) is 0 Å². The molecule has 1 fully saturated rings. The van der Waals surface area contributed by atoms with E-state index >= 15 is 0 Å². The second-order valence-electron chi connectivity index (χ2n) is 5.36. The van der Waals surface area contributed by atoms with Gasteiger partial charge in [-0.2, -0.15) is 10.2 Å². The van der Waals surface area contributed by atoms with Gasteiger partial charge in [0.25, 0.3) is 0 Å². The minimum atomic E-state index is 0.269. The maximum Gasteiger partial charge on any atom is 0.167 e. The van der Waals surface area contributed by atoms with Crippen molar-refractivity contribution in [2.24, 2.45) is 0 Å². The number of nitrogens with zero attached hydrogens (tertiary/aromatic N) is 5. The van der Waals surface area contributed by atoms with Gasteiger partial charge in [-0.25, -0.2) is 4.98 Å². The molecule has 2 aromatic heterocycles. The molecule has 0 aliphatic carbocycles. The number of nitrogens with one attached hydrogen (secondary N) is 1. The summed E-state index contributed by atoms with van der Waals surface area (Å²) >= 11 is 3.45. The molecule has 1 aliphatic heterocycles. The van der Waals surface area contributed by atoms with E-state index in [1.807, 2.05) is 13.1 Å². The number of aromatic amines is 1. The van der Waals surface area contributed by atoms with Crippen LogP contribution in [0.5, 0.6) is 0 Å². The van der Waals surface area contributed by atoms with Gasteiger partial charge < -0.3 is 0 Å². The molecule has 1 aliphatic rings. The molecule has 1 N–H and O–H groups in total. The fourth-order valence-electron chi connectivity index (χ4n) is 2.76. The average molecular weight is 339 g/mol. The number of aryl methyl sites for hydroxylation is 1. The lowest BCUT2D eigenvalue weighted by Crippen LogP contribution is -2.37. The number of aromatic nitrogens is 5. The summed E-state index contributed by atoms with van der Waals surface area (Å²) in [5.74, 6) is 1.77. The van der Waals surface area contributed by atoms with Crippen molar-refractivity contribution in [2.75, 3.05) is 13.1 Å². The van der Waals surface area contributed by atoms with Crippen molar-refractivity contribution in [3.63, 3.8) is 0 Å². The van der Waals surface area contributed by atoms with E-state index in [4.69, 9.17) is 0 Å². The smallest absolute Gasteiger partial charge is 0.167 e. The average Bonchev–Trinajstić information content (AvgIpc) is 3.07. The minimum absolute atomic E-state index is 0.269. The highest BCUT2D eigenvalue weighted by Gasteiger charge is 2.26. The maximum atomic E-state index is 4.43. The van der Waals surface area contributed by atoms with Crippen LogP contribution < -0.4 is 0 Å². The summed E-state index contributed by atoms with van der Waals surface area (Å²) < 4.78 is 3.12. The molecule has 0 bridgehead atoms. The van der Waals surface area contributed by atoms with Crippen LogP contribution in [0.3, 0.4) is 0 Å². The Balaban J connectivity index is 1.61. The lowest BCUT2D eigenvalue weighted by molar-refractivity contribution is 0.134. The summed E-state index contributed by atoms with van der Waals surface area (Å²) in [4.78, 5) is 6.88. The van der Waals surface area contributed by atoms with E-state index in [0.29, 0.717) is 6.04 Å². The van der Waals surface area contributed by atoms with Gasteiger partial charge in [0, 0.05) is 19.3 Å². The summed E-state index contributed by atoms with van der Waals surface area (Å²) in [5, 5.41) is 11.6. The number of halogens is 1. The fraction of sp³-hybridized carbons (Fsp3) is 0.615. The summed E-state index contributed by atoms with van der Waals surface area (Å²) in [6.45, 7) is 6.21. The molecule has 3 heterocycles. The van der Waals surface area contributed by atoms with Gasteiger partial charge in [0.05, 0.1) is 22.8 Å². The van der Waals surface area contributed by atoms with Gasteiger partial charge in [-0.1, -0.05) is 0 Å². The van der Waals surface area contributed by atoms with E-state index in [0.717, 1.165) is 42.1 Å². The van der Waals surface area contributed by atoms with E-state index in [9.17, 15) is 0 Å². The quantitative estimate of drug-likeness (QED) is 0.933. The van der Waals surface area contributed by atoms with E-state index in [1.165, 1.54) is 0 Å². The second-order valence-corrected chi connectivity index (χ2v) is 6.28. The molecule has 0 saturated carbocycles. The predicted molar refractivity (Wildman–Crippen MR) is 79.3 cm³/mol. The molecular weight excluding hydrogens is 320 g/mol. The normalized spacial score (nSPS) is 19.4. The molecule has 0 aromatic carbocycles. The van der Waals surface area contributed by atoms with Crippen LogP contribution in [0.1, 0.15) is 43.5 Å². The van der Waals surface area contributed by atoms with Gasteiger partial charge in [0.15, 0.2) is 5.82 Å². The third kappa shape index (κ3) is 2.78. The molecule has 108 valence electrons. The predicted octanol–water partition coefficient (Wildman–Crippen LogP) is 2.47. The number of hydrogen-bond donors (Lipinski definition) is 1. The standard InChI is InChI=1S/C13H19BrN6/c1-9(13-16-10(2)17-18-13)19-5-3-12(4-6-19)20-8-11(14)7-15-20/h7-9,12H,3-6H2,1-2H3,(H,16,17,18). The second kappa shape index (κ2) is 5.65. The molecule has 6 nitrogen and oxygen atoms in total. The first-order chi connectivity index (χ1) is 9.63. The van der Waals surface area contributed by atoms with E-state index in [-0.39, 0.29) is 6.04 Å². The van der Waals surface area contributed by atoms with Crippen LogP contribution in [-0.4, -0.2) is 43.0 Å². The number of rotatable bonds is 3. The van der Waals surface area contributed by atoms with Crippen LogP contribution in [0.25, 0.3) is 0 Å². The molecule has 3 rings (SSSR count). The van der Waals surface area contributed by atoms with E-state index in [1.54, 1.807) is 0 Å². The minimum Gasteiger partial charge on any atom is -0.293 e. The zero-order chi connectivity index (χ0) is 14.1. The lowest BCUT2D eigenvalue weighted by atomic mass is 10.0. The van der Waals surface area contributed by atoms with Crippen molar-refractivity contribution in [1.82, 2.24) is 29.9 Å². The molecule has 1 saturated heterocycles. The topological polar surface area (TPSA) is 62.6 Å². The van der Waals surface area contributed by atoms with Crippen LogP contribution in [0.2, 0.25) is 0 Å². The van der Waals surface area contributed by atoms with Gasteiger partial charge in [-0.05, 0) is 42.6 Å². The Morgan fingerprint density at radius 1 is 1.40 bits per heavy atom.